The second kappa shape index (κ2) is 7.64. The van der Waals surface area contributed by atoms with Gasteiger partial charge in [-0.15, -0.1) is 0 Å². The highest BCUT2D eigenvalue weighted by Gasteiger charge is 2.29. The summed E-state index contributed by atoms with van der Waals surface area (Å²) in [5.74, 6) is 0. The fourth-order valence-electron chi connectivity index (χ4n) is 2.78. The van der Waals surface area contributed by atoms with Crippen molar-refractivity contribution in [1.29, 1.82) is 5.26 Å². The van der Waals surface area contributed by atoms with Crippen LogP contribution in [0.2, 0.25) is 0 Å². The molecule has 1 unspecified atom stereocenters. The van der Waals surface area contributed by atoms with Gasteiger partial charge in [0.15, 0.2) is 0 Å². The van der Waals surface area contributed by atoms with Crippen molar-refractivity contribution in [1.82, 2.24) is 4.31 Å². The van der Waals surface area contributed by atoms with Crippen molar-refractivity contribution in [3.8, 4) is 6.07 Å². The molecule has 0 aliphatic carbocycles. The second-order valence-electron chi connectivity index (χ2n) is 7.18. The lowest BCUT2D eigenvalue weighted by molar-refractivity contribution is 0.0941. The zero-order valence-corrected chi connectivity index (χ0v) is 15.5. The Balaban J connectivity index is 2.23. The molecule has 0 radical (unpaired) electrons. The number of sulfonamides is 1. The van der Waals surface area contributed by atoms with Crippen LogP contribution in [-0.4, -0.2) is 38.5 Å². The summed E-state index contributed by atoms with van der Waals surface area (Å²) in [6.45, 7) is 7.45. The Bertz CT molecular complexity index is 678. The van der Waals surface area contributed by atoms with E-state index < -0.39 is 10.0 Å². The minimum atomic E-state index is -3.62. The quantitative estimate of drug-likeness (QED) is 0.790. The maximum absolute atomic E-state index is 12.9. The average Bonchev–Trinajstić information content (AvgIpc) is 3.03. The predicted molar refractivity (Wildman–Crippen MR) is 93.1 cm³/mol. The molecule has 6 heteroatoms. The van der Waals surface area contributed by atoms with Gasteiger partial charge in [-0.1, -0.05) is 32.9 Å². The molecule has 132 valence electrons. The normalized spacial score (nSPS) is 18.7. The van der Waals surface area contributed by atoms with Crippen LogP contribution in [0.25, 0.3) is 0 Å². The molecule has 1 heterocycles. The van der Waals surface area contributed by atoms with Gasteiger partial charge in [-0.3, -0.25) is 0 Å². The van der Waals surface area contributed by atoms with Gasteiger partial charge in [-0.25, -0.2) is 8.42 Å². The van der Waals surface area contributed by atoms with Crippen LogP contribution >= 0.6 is 0 Å². The van der Waals surface area contributed by atoms with Crippen LogP contribution in [0, 0.1) is 11.3 Å². The summed E-state index contributed by atoms with van der Waals surface area (Å²) in [5, 5.41) is 8.84. The first-order valence-corrected chi connectivity index (χ1v) is 9.78. The minimum Gasteiger partial charge on any atom is -0.377 e. The summed E-state index contributed by atoms with van der Waals surface area (Å²) in [4.78, 5) is 0.270. The van der Waals surface area contributed by atoms with Gasteiger partial charge in [0, 0.05) is 26.1 Å². The van der Waals surface area contributed by atoms with E-state index in [2.05, 4.69) is 20.8 Å². The molecule has 0 spiro atoms. The predicted octanol–water partition coefficient (Wildman–Crippen LogP) is 3.07. The van der Waals surface area contributed by atoms with Gasteiger partial charge in [0.25, 0.3) is 0 Å². The van der Waals surface area contributed by atoms with Crippen LogP contribution in [0.15, 0.2) is 29.2 Å². The lowest BCUT2D eigenvalue weighted by Gasteiger charge is -2.25. The number of nitriles is 1. The Morgan fingerprint density at radius 2 is 1.96 bits per heavy atom. The highest BCUT2D eigenvalue weighted by atomic mass is 32.2. The first kappa shape index (κ1) is 18.9. The molecule has 1 atom stereocenters. The monoisotopic (exact) mass is 350 g/mol. The molecule has 5 nitrogen and oxygen atoms in total. The summed E-state index contributed by atoms with van der Waals surface area (Å²) in [6.07, 6.45) is 1.91. The van der Waals surface area contributed by atoms with Gasteiger partial charge in [-0.05, 0) is 36.0 Å². The largest absolute Gasteiger partial charge is 0.377 e. The number of hydrogen-bond donors (Lipinski definition) is 0. The fraction of sp³-hybridized carbons (Fsp3) is 0.611. The molecule has 2 rings (SSSR count). The molecular weight excluding hydrogens is 324 g/mol. The summed E-state index contributed by atoms with van der Waals surface area (Å²) < 4.78 is 32.9. The molecule has 24 heavy (non-hydrogen) atoms. The maximum atomic E-state index is 12.9. The van der Waals surface area contributed by atoms with E-state index in [1.54, 1.807) is 12.1 Å². The van der Waals surface area contributed by atoms with Crippen molar-refractivity contribution in [3.05, 3.63) is 29.8 Å². The Labute approximate surface area is 145 Å². The first-order chi connectivity index (χ1) is 11.2. The van der Waals surface area contributed by atoms with E-state index in [9.17, 15) is 8.42 Å². The average molecular weight is 350 g/mol. The van der Waals surface area contributed by atoms with Crippen molar-refractivity contribution in [2.24, 2.45) is 0 Å². The third-order valence-electron chi connectivity index (χ3n) is 4.26. The SMILES string of the molecule is CC(C)(C)c1ccc(S(=O)(=O)N(CCC#N)CC2CCCO2)cc1. The number of ether oxygens (including phenoxy) is 1. The van der Waals surface area contributed by atoms with Gasteiger partial charge in [-0.2, -0.15) is 9.57 Å². The molecule has 0 N–H and O–H groups in total. The van der Waals surface area contributed by atoms with Crippen molar-refractivity contribution in [2.45, 2.75) is 56.4 Å². The van der Waals surface area contributed by atoms with Gasteiger partial charge < -0.3 is 4.74 Å². The number of benzene rings is 1. The molecule has 1 saturated heterocycles. The van der Waals surface area contributed by atoms with E-state index in [-0.39, 0.29) is 29.4 Å². The zero-order valence-electron chi connectivity index (χ0n) is 14.7. The van der Waals surface area contributed by atoms with Crippen molar-refractivity contribution in [2.75, 3.05) is 19.7 Å². The molecule has 1 aromatic rings. The lowest BCUT2D eigenvalue weighted by atomic mass is 9.87. The zero-order chi connectivity index (χ0) is 17.8. The molecule has 0 bridgehead atoms. The number of nitrogens with zero attached hydrogens (tertiary/aromatic N) is 2. The standard InChI is InChI=1S/C18H26N2O3S/c1-18(2,3)15-7-9-17(10-8-15)24(21,22)20(12-5-11-19)14-16-6-4-13-23-16/h7-10,16H,4-6,12-14H2,1-3H3. The van der Waals surface area contributed by atoms with Crippen molar-refractivity contribution >= 4 is 10.0 Å². The second-order valence-corrected chi connectivity index (χ2v) is 9.12. The third kappa shape index (κ3) is 4.56. The lowest BCUT2D eigenvalue weighted by Crippen LogP contribution is -2.38. The van der Waals surface area contributed by atoms with Gasteiger partial charge >= 0.3 is 0 Å². The Kier molecular flexibility index (Phi) is 6.02. The Morgan fingerprint density at radius 1 is 1.29 bits per heavy atom. The van der Waals surface area contributed by atoms with E-state index in [4.69, 9.17) is 10.00 Å². The van der Waals surface area contributed by atoms with Gasteiger partial charge in [0.1, 0.15) is 0 Å². The molecule has 1 aromatic carbocycles. The van der Waals surface area contributed by atoms with Crippen molar-refractivity contribution in [3.63, 3.8) is 0 Å². The van der Waals surface area contributed by atoms with E-state index in [1.165, 1.54) is 4.31 Å². The minimum absolute atomic E-state index is 0.0273. The summed E-state index contributed by atoms with van der Waals surface area (Å²) in [7, 11) is -3.62. The summed E-state index contributed by atoms with van der Waals surface area (Å²) >= 11 is 0. The topological polar surface area (TPSA) is 70.4 Å². The van der Waals surface area contributed by atoms with Crippen LogP contribution in [0.4, 0.5) is 0 Å². The van der Waals surface area contributed by atoms with Crippen LogP contribution in [0.5, 0.6) is 0 Å². The van der Waals surface area contributed by atoms with E-state index in [0.717, 1.165) is 18.4 Å². The van der Waals surface area contributed by atoms with Crippen LogP contribution < -0.4 is 0 Å². The van der Waals surface area contributed by atoms with Gasteiger partial charge in [0.05, 0.1) is 17.1 Å². The van der Waals surface area contributed by atoms with Gasteiger partial charge in [0.2, 0.25) is 10.0 Å². The van der Waals surface area contributed by atoms with Crippen molar-refractivity contribution < 1.29 is 13.2 Å². The molecule has 1 fully saturated rings. The molecule has 1 aliphatic rings. The highest BCUT2D eigenvalue weighted by molar-refractivity contribution is 7.89. The molecule has 0 aromatic heterocycles. The highest BCUT2D eigenvalue weighted by Crippen LogP contribution is 2.25. The number of hydrogen-bond acceptors (Lipinski definition) is 4. The van der Waals surface area contributed by atoms with E-state index in [1.807, 2.05) is 18.2 Å². The van der Waals surface area contributed by atoms with Crippen LogP contribution in [0.3, 0.4) is 0 Å². The van der Waals surface area contributed by atoms with Crippen LogP contribution in [0.1, 0.15) is 45.6 Å². The summed E-state index contributed by atoms with van der Waals surface area (Å²) in [6, 6.07) is 9.07. The smallest absolute Gasteiger partial charge is 0.243 e. The maximum Gasteiger partial charge on any atom is 0.243 e. The molecule has 0 saturated carbocycles. The Morgan fingerprint density at radius 3 is 2.46 bits per heavy atom. The fourth-order valence-corrected chi connectivity index (χ4v) is 4.25. The van der Waals surface area contributed by atoms with E-state index >= 15 is 0 Å². The van der Waals surface area contributed by atoms with E-state index in [0.29, 0.717) is 13.2 Å². The Hall–Kier alpha value is -1.42. The number of rotatable bonds is 6. The third-order valence-corrected chi connectivity index (χ3v) is 6.14. The summed E-state index contributed by atoms with van der Waals surface area (Å²) in [5.41, 5.74) is 1.06. The molecular formula is C18H26N2O3S. The molecule has 1 aliphatic heterocycles. The first-order valence-electron chi connectivity index (χ1n) is 8.34. The van der Waals surface area contributed by atoms with Crippen LogP contribution in [-0.2, 0) is 20.2 Å². The molecule has 0 amide bonds.